The Morgan fingerprint density at radius 1 is 1.55 bits per heavy atom. The second kappa shape index (κ2) is 4.15. The van der Waals surface area contributed by atoms with Gasteiger partial charge in [0.15, 0.2) is 0 Å². The average molecular weight is 182 g/mol. The molecule has 5 nitrogen and oxygen atoms in total. The van der Waals surface area contributed by atoms with E-state index in [0.29, 0.717) is 6.54 Å². The molecule has 0 atom stereocenters. The van der Waals surface area contributed by atoms with E-state index < -0.39 is 11.9 Å². The van der Waals surface area contributed by atoms with E-state index in [1.54, 1.807) is 0 Å². The van der Waals surface area contributed by atoms with Crippen molar-refractivity contribution in [1.29, 1.82) is 0 Å². The molecule has 1 fully saturated rings. The Morgan fingerprint density at radius 2 is 2.18 bits per heavy atom. The third kappa shape index (κ3) is 2.06. The van der Waals surface area contributed by atoms with Gasteiger partial charge < -0.3 is 4.74 Å². The first kappa shape index (κ1) is 10.2. The Morgan fingerprint density at radius 3 is 2.64 bits per heavy atom. The standard InChI is InChI=1S/C5H7NO4.ClH/c1-9-6-2-3-10-5(8)4(6)7;/h2-3H2,1H3;1H. The molecule has 1 saturated heterocycles. The van der Waals surface area contributed by atoms with Crippen molar-refractivity contribution in [1.82, 2.24) is 5.06 Å². The fourth-order valence-electron chi connectivity index (χ4n) is 0.661. The Labute approximate surface area is 69.6 Å². The van der Waals surface area contributed by atoms with Crippen molar-refractivity contribution in [2.45, 2.75) is 0 Å². The number of hydrogen-bond acceptors (Lipinski definition) is 4. The van der Waals surface area contributed by atoms with Crippen LogP contribution in [0.25, 0.3) is 0 Å². The maximum Gasteiger partial charge on any atom is 0.399 e. The summed E-state index contributed by atoms with van der Waals surface area (Å²) in [6.07, 6.45) is 0. The SMILES string of the molecule is CON1CCOC(=O)C1=O.Cl. The fraction of sp³-hybridized carbons (Fsp3) is 0.600. The molecule has 1 aliphatic rings. The van der Waals surface area contributed by atoms with Gasteiger partial charge >= 0.3 is 11.9 Å². The highest BCUT2D eigenvalue weighted by Crippen LogP contribution is 1.98. The summed E-state index contributed by atoms with van der Waals surface area (Å²) in [7, 11) is 1.33. The van der Waals surface area contributed by atoms with Crippen molar-refractivity contribution in [2.24, 2.45) is 0 Å². The van der Waals surface area contributed by atoms with Crippen molar-refractivity contribution < 1.29 is 19.2 Å². The lowest BCUT2D eigenvalue weighted by atomic mass is 10.5. The summed E-state index contributed by atoms with van der Waals surface area (Å²) in [5.41, 5.74) is 0. The maximum atomic E-state index is 10.7. The molecule has 0 saturated carbocycles. The van der Waals surface area contributed by atoms with Gasteiger partial charge in [-0.15, -0.1) is 12.4 Å². The first-order valence-corrected chi connectivity index (χ1v) is 2.78. The summed E-state index contributed by atoms with van der Waals surface area (Å²) >= 11 is 0. The normalized spacial score (nSPS) is 17.4. The molecule has 1 heterocycles. The predicted molar refractivity (Wildman–Crippen MR) is 36.9 cm³/mol. The molecule has 0 radical (unpaired) electrons. The lowest BCUT2D eigenvalue weighted by Gasteiger charge is -2.22. The number of esters is 1. The van der Waals surface area contributed by atoms with E-state index in [4.69, 9.17) is 0 Å². The molecule has 0 aliphatic carbocycles. The number of carbonyl (C=O) groups excluding carboxylic acids is 2. The molecule has 0 aromatic rings. The van der Waals surface area contributed by atoms with E-state index >= 15 is 0 Å². The Bertz CT molecular complexity index is 172. The van der Waals surface area contributed by atoms with Crippen LogP contribution in [0.1, 0.15) is 0 Å². The molecule has 0 bridgehead atoms. The Hall–Kier alpha value is -0.810. The van der Waals surface area contributed by atoms with Gasteiger partial charge in [-0.2, -0.15) is 0 Å². The van der Waals surface area contributed by atoms with Gasteiger partial charge in [-0.05, 0) is 0 Å². The van der Waals surface area contributed by atoms with Crippen LogP contribution in [0.3, 0.4) is 0 Å². The molecule has 0 spiro atoms. The summed E-state index contributed by atoms with van der Waals surface area (Å²) < 4.78 is 4.41. The van der Waals surface area contributed by atoms with E-state index in [0.717, 1.165) is 5.06 Å². The largest absolute Gasteiger partial charge is 0.456 e. The van der Waals surface area contributed by atoms with Crippen LogP contribution < -0.4 is 0 Å². The molecule has 0 N–H and O–H groups in total. The smallest absolute Gasteiger partial charge is 0.399 e. The predicted octanol–water partition coefficient (Wildman–Crippen LogP) is -0.645. The van der Waals surface area contributed by atoms with Gasteiger partial charge in [0.1, 0.15) is 6.61 Å². The summed E-state index contributed by atoms with van der Waals surface area (Å²) in [5.74, 6) is -1.60. The highest BCUT2D eigenvalue weighted by Gasteiger charge is 2.28. The topological polar surface area (TPSA) is 55.8 Å². The number of halogens is 1. The molecule has 0 unspecified atom stereocenters. The third-order valence-corrected chi connectivity index (χ3v) is 1.15. The van der Waals surface area contributed by atoms with Crippen LogP contribution in [0.4, 0.5) is 0 Å². The van der Waals surface area contributed by atoms with Gasteiger partial charge in [0.25, 0.3) is 0 Å². The summed E-state index contributed by atoms with van der Waals surface area (Å²) in [4.78, 5) is 25.7. The van der Waals surface area contributed by atoms with Crippen molar-refractivity contribution in [3.05, 3.63) is 0 Å². The number of carbonyl (C=O) groups is 2. The van der Waals surface area contributed by atoms with Crippen LogP contribution in [0.5, 0.6) is 0 Å². The van der Waals surface area contributed by atoms with E-state index in [1.165, 1.54) is 7.11 Å². The van der Waals surface area contributed by atoms with Crippen molar-refractivity contribution >= 4 is 24.3 Å². The van der Waals surface area contributed by atoms with Crippen LogP contribution in [0, 0.1) is 0 Å². The van der Waals surface area contributed by atoms with E-state index in [2.05, 4.69) is 9.57 Å². The molecule has 6 heteroatoms. The lowest BCUT2D eigenvalue weighted by Crippen LogP contribution is -2.44. The number of hydroxylamine groups is 2. The van der Waals surface area contributed by atoms with Crippen molar-refractivity contribution in [3.63, 3.8) is 0 Å². The Balaban J connectivity index is 0.000001000. The highest BCUT2D eigenvalue weighted by atomic mass is 35.5. The zero-order valence-electron chi connectivity index (χ0n) is 5.90. The van der Waals surface area contributed by atoms with Gasteiger partial charge in [-0.1, -0.05) is 0 Å². The molecule has 1 amide bonds. The molecule has 1 rings (SSSR count). The van der Waals surface area contributed by atoms with Crippen molar-refractivity contribution in [2.75, 3.05) is 20.3 Å². The van der Waals surface area contributed by atoms with Crippen LogP contribution in [0.15, 0.2) is 0 Å². The fourth-order valence-corrected chi connectivity index (χ4v) is 0.661. The molecule has 64 valence electrons. The van der Waals surface area contributed by atoms with Crippen LogP contribution in [-0.2, 0) is 19.2 Å². The minimum absolute atomic E-state index is 0. The summed E-state index contributed by atoms with van der Waals surface area (Å²) in [6, 6.07) is 0. The minimum atomic E-state index is -0.854. The minimum Gasteiger partial charge on any atom is -0.456 e. The second-order valence-corrected chi connectivity index (χ2v) is 1.73. The van der Waals surface area contributed by atoms with Gasteiger partial charge in [0.2, 0.25) is 0 Å². The monoisotopic (exact) mass is 181 g/mol. The number of rotatable bonds is 1. The van der Waals surface area contributed by atoms with Gasteiger partial charge in [-0.3, -0.25) is 9.63 Å². The van der Waals surface area contributed by atoms with Crippen LogP contribution >= 0.6 is 12.4 Å². The van der Waals surface area contributed by atoms with E-state index in [-0.39, 0.29) is 19.0 Å². The van der Waals surface area contributed by atoms with Crippen LogP contribution in [-0.4, -0.2) is 37.2 Å². The average Bonchev–Trinajstić information content (AvgIpc) is 1.95. The number of cyclic esters (lactones) is 1. The molecule has 11 heavy (non-hydrogen) atoms. The number of hydrogen-bond donors (Lipinski definition) is 0. The zero-order valence-corrected chi connectivity index (χ0v) is 6.72. The Kier molecular flexibility index (Phi) is 3.84. The number of nitrogens with zero attached hydrogens (tertiary/aromatic N) is 1. The number of morpholine rings is 1. The van der Waals surface area contributed by atoms with E-state index in [1.807, 2.05) is 0 Å². The highest BCUT2D eigenvalue weighted by molar-refractivity contribution is 6.32. The van der Waals surface area contributed by atoms with Gasteiger partial charge in [0, 0.05) is 0 Å². The van der Waals surface area contributed by atoms with Gasteiger partial charge in [-0.25, -0.2) is 9.86 Å². The molecular weight excluding hydrogens is 174 g/mol. The zero-order chi connectivity index (χ0) is 7.56. The van der Waals surface area contributed by atoms with Crippen molar-refractivity contribution in [3.8, 4) is 0 Å². The molecular formula is C5H8ClNO4. The third-order valence-electron chi connectivity index (χ3n) is 1.15. The molecule has 0 aromatic carbocycles. The molecule has 1 aliphatic heterocycles. The molecule has 0 aromatic heterocycles. The lowest BCUT2D eigenvalue weighted by molar-refractivity contribution is -0.200. The summed E-state index contributed by atoms with van der Waals surface area (Å²) in [6.45, 7) is 0.513. The number of ether oxygens (including phenoxy) is 1. The quantitative estimate of drug-likeness (QED) is 0.399. The summed E-state index contributed by atoms with van der Waals surface area (Å²) in [5, 5.41) is 0.964. The second-order valence-electron chi connectivity index (χ2n) is 1.73. The van der Waals surface area contributed by atoms with E-state index in [9.17, 15) is 9.59 Å². The first-order chi connectivity index (χ1) is 4.75. The number of amides is 1. The van der Waals surface area contributed by atoms with Gasteiger partial charge in [0.05, 0.1) is 13.7 Å². The van der Waals surface area contributed by atoms with Crippen LogP contribution in [0.2, 0.25) is 0 Å². The first-order valence-electron chi connectivity index (χ1n) is 2.78. The maximum absolute atomic E-state index is 10.7.